The molecule has 2 heteroatoms. The van der Waals surface area contributed by atoms with Crippen molar-refractivity contribution in [1.29, 1.82) is 0 Å². The Balaban J connectivity index is 1.98. The van der Waals surface area contributed by atoms with Crippen LogP contribution in [0.2, 0.25) is 0 Å². The largest absolute Gasteiger partial charge is 0.142 e. The van der Waals surface area contributed by atoms with Gasteiger partial charge in [-0.05, 0) is 60.0 Å². The van der Waals surface area contributed by atoms with Crippen LogP contribution in [0, 0.1) is 23.7 Å². The van der Waals surface area contributed by atoms with E-state index in [-0.39, 0.29) is 0 Å². The first-order valence-electron chi connectivity index (χ1n) is 7.78. The third kappa shape index (κ3) is 1.65. The fourth-order valence-electron chi connectivity index (χ4n) is 3.63. The third-order valence-corrected chi connectivity index (χ3v) is 6.43. The van der Waals surface area contributed by atoms with E-state index in [0.717, 1.165) is 0 Å². The van der Waals surface area contributed by atoms with E-state index in [1.54, 1.807) is 22.7 Å². The van der Waals surface area contributed by atoms with Crippen LogP contribution < -0.4 is 10.4 Å². The molecule has 0 bridgehead atoms. The van der Waals surface area contributed by atoms with E-state index in [1.807, 2.05) is 13.8 Å². The van der Waals surface area contributed by atoms with Gasteiger partial charge in [0.1, 0.15) is 0 Å². The number of thiophene rings is 2. The number of fused-ring (bicyclic) bond motifs is 6. The lowest BCUT2D eigenvalue weighted by Crippen LogP contribution is -2.14. The summed E-state index contributed by atoms with van der Waals surface area (Å²) in [7, 11) is 0. The lowest BCUT2D eigenvalue weighted by Gasteiger charge is -2.00. The van der Waals surface area contributed by atoms with Crippen molar-refractivity contribution in [3.8, 4) is 45.9 Å². The van der Waals surface area contributed by atoms with Crippen LogP contribution in [0.1, 0.15) is 23.6 Å². The lowest BCUT2D eigenvalue weighted by atomic mass is 10.0. The highest BCUT2D eigenvalue weighted by atomic mass is 32.1. The van der Waals surface area contributed by atoms with Crippen LogP contribution >= 0.6 is 22.7 Å². The monoisotopic (exact) mass is 340 g/mol. The Labute approximate surface area is 148 Å². The fourth-order valence-corrected chi connectivity index (χ4v) is 5.48. The van der Waals surface area contributed by atoms with Crippen molar-refractivity contribution in [2.45, 2.75) is 13.8 Å². The highest BCUT2D eigenvalue weighted by Gasteiger charge is 2.25. The van der Waals surface area contributed by atoms with Gasteiger partial charge in [-0.15, -0.1) is 34.5 Å². The molecule has 0 atom stereocenters. The van der Waals surface area contributed by atoms with E-state index >= 15 is 0 Å². The molecule has 0 saturated carbocycles. The number of rotatable bonds is 0. The first kappa shape index (κ1) is 13.9. The van der Waals surface area contributed by atoms with Gasteiger partial charge in [0.25, 0.3) is 0 Å². The van der Waals surface area contributed by atoms with Crippen LogP contribution in [0.3, 0.4) is 0 Å². The van der Waals surface area contributed by atoms with Crippen LogP contribution in [0.25, 0.3) is 33.4 Å². The molecule has 0 fully saturated rings. The predicted molar refractivity (Wildman–Crippen MR) is 104 cm³/mol. The molecule has 112 valence electrons. The quantitative estimate of drug-likeness (QED) is 0.538. The molecule has 2 aromatic heterocycles. The fraction of sp³-hybridized carbons (Fsp3) is 0.0909. The Hall–Kier alpha value is -2.52. The van der Waals surface area contributed by atoms with Crippen molar-refractivity contribution in [2.24, 2.45) is 0 Å². The Bertz CT molecular complexity index is 1170. The molecule has 0 unspecified atom stereocenters. The van der Waals surface area contributed by atoms with Gasteiger partial charge in [0.2, 0.25) is 0 Å². The highest BCUT2D eigenvalue weighted by molar-refractivity contribution is 7.12. The zero-order chi connectivity index (χ0) is 16.3. The lowest BCUT2D eigenvalue weighted by molar-refractivity contribution is 1.56. The minimum absolute atomic E-state index is 1.17. The summed E-state index contributed by atoms with van der Waals surface area (Å²) in [4.78, 5) is 2.60. The smallest absolute Gasteiger partial charge is 0.0511 e. The van der Waals surface area contributed by atoms with E-state index in [4.69, 9.17) is 0 Å². The second-order valence-corrected chi connectivity index (χ2v) is 7.60. The van der Waals surface area contributed by atoms with Crippen molar-refractivity contribution in [3.63, 3.8) is 0 Å². The number of hydrogen-bond acceptors (Lipinski definition) is 2. The van der Waals surface area contributed by atoms with Gasteiger partial charge >= 0.3 is 0 Å². The minimum atomic E-state index is 1.17. The molecule has 0 N–H and O–H groups in total. The summed E-state index contributed by atoms with van der Waals surface area (Å²) in [5.74, 6) is 12.8. The van der Waals surface area contributed by atoms with Gasteiger partial charge < -0.3 is 0 Å². The Morgan fingerprint density at radius 1 is 0.667 bits per heavy atom. The first-order chi connectivity index (χ1) is 11.8. The molecule has 2 heterocycles. The van der Waals surface area contributed by atoms with Crippen LogP contribution in [-0.4, -0.2) is 0 Å². The van der Waals surface area contributed by atoms with Gasteiger partial charge in [-0.25, -0.2) is 0 Å². The highest BCUT2D eigenvalue weighted by Crippen LogP contribution is 2.39. The van der Waals surface area contributed by atoms with Crippen molar-refractivity contribution >= 4 is 33.8 Å². The van der Waals surface area contributed by atoms with E-state index in [1.165, 1.54) is 53.6 Å². The SMILES string of the molecule is CC#CC1=c2cc3c(cc2-c2ccsc21)=C(C#CC)c1sccc1-3. The van der Waals surface area contributed by atoms with Gasteiger partial charge in [-0.2, -0.15) is 0 Å². The molecule has 0 amide bonds. The summed E-state index contributed by atoms with van der Waals surface area (Å²) in [5.41, 5.74) is 7.57. The molecule has 2 aliphatic rings. The minimum Gasteiger partial charge on any atom is -0.142 e. The first-order valence-corrected chi connectivity index (χ1v) is 9.54. The molecule has 3 aromatic rings. The van der Waals surface area contributed by atoms with E-state index in [0.29, 0.717) is 0 Å². The van der Waals surface area contributed by atoms with Crippen molar-refractivity contribution < 1.29 is 0 Å². The number of hydrogen-bond donors (Lipinski definition) is 0. The maximum absolute atomic E-state index is 3.33. The van der Waals surface area contributed by atoms with E-state index in [9.17, 15) is 0 Å². The van der Waals surface area contributed by atoms with Gasteiger partial charge in [-0.1, -0.05) is 11.8 Å². The molecule has 24 heavy (non-hydrogen) atoms. The second kappa shape index (κ2) is 4.99. The number of benzene rings is 1. The second-order valence-electron chi connectivity index (χ2n) is 5.77. The molecular weight excluding hydrogens is 328 g/mol. The Morgan fingerprint density at radius 3 is 1.54 bits per heavy atom. The maximum Gasteiger partial charge on any atom is 0.0511 e. The van der Waals surface area contributed by atoms with Crippen LogP contribution in [-0.2, 0) is 0 Å². The normalized spacial score (nSPS) is 12.6. The van der Waals surface area contributed by atoms with E-state index in [2.05, 4.69) is 58.7 Å². The van der Waals surface area contributed by atoms with Crippen LogP contribution in [0.5, 0.6) is 0 Å². The summed E-state index contributed by atoms with van der Waals surface area (Å²) in [6.45, 7) is 3.82. The summed E-state index contributed by atoms with van der Waals surface area (Å²) < 4.78 is 0. The van der Waals surface area contributed by atoms with Crippen molar-refractivity contribution in [2.75, 3.05) is 0 Å². The molecule has 0 saturated heterocycles. The van der Waals surface area contributed by atoms with Crippen LogP contribution in [0.4, 0.5) is 0 Å². The Morgan fingerprint density at radius 2 is 1.12 bits per heavy atom. The molecule has 0 spiro atoms. The summed E-state index contributed by atoms with van der Waals surface area (Å²) >= 11 is 3.56. The molecular formula is C22H12S2. The predicted octanol–water partition coefficient (Wildman–Crippen LogP) is 4.22. The van der Waals surface area contributed by atoms with Gasteiger partial charge in [0, 0.05) is 21.6 Å². The third-order valence-electron chi connectivity index (χ3n) is 4.56. The van der Waals surface area contributed by atoms with Gasteiger partial charge in [-0.3, -0.25) is 0 Å². The van der Waals surface area contributed by atoms with Crippen molar-refractivity contribution in [3.05, 3.63) is 55.2 Å². The Kier molecular flexibility index (Phi) is 2.88. The standard InChI is InChI=1S/C22H12S2/c1-3-5-13-17-11-20-16-8-10-24-22(16)14(6-4-2)18(20)12-19(17)15-7-9-23-21(13)15/h7-12H,1-2H3. The molecule has 0 aliphatic heterocycles. The van der Waals surface area contributed by atoms with Crippen molar-refractivity contribution in [1.82, 2.24) is 0 Å². The zero-order valence-corrected chi connectivity index (χ0v) is 14.9. The van der Waals surface area contributed by atoms with Gasteiger partial charge in [0.15, 0.2) is 0 Å². The summed E-state index contributed by atoms with van der Waals surface area (Å²) in [6, 6.07) is 9.08. The topological polar surface area (TPSA) is 0 Å². The van der Waals surface area contributed by atoms with E-state index < -0.39 is 0 Å². The average molecular weight is 340 g/mol. The van der Waals surface area contributed by atoms with Crippen LogP contribution in [0.15, 0.2) is 35.0 Å². The summed E-state index contributed by atoms with van der Waals surface area (Å²) in [5, 5.41) is 6.86. The molecule has 5 rings (SSSR count). The van der Waals surface area contributed by atoms with Gasteiger partial charge in [0.05, 0.1) is 20.9 Å². The average Bonchev–Trinajstić information content (AvgIpc) is 3.32. The molecule has 0 radical (unpaired) electrons. The molecule has 0 nitrogen and oxygen atoms in total. The summed E-state index contributed by atoms with van der Waals surface area (Å²) in [6.07, 6.45) is 0. The molecule has 2 aliphatic carbocycles. The molecule has 1 aromatic carbocycles. The zero-order valence-electron chi connectivity index (χ0n) is 13.3. The maximum atomic E-state index is 3.33.